The number of aryl methyl sites for hydroxylation is 1. The lowest BCUT2D eigenvalue weighted by Gasteiger charge is -2.20. The van der Waals surface area contributed by atoms with E-state index in [1.165, 1.54) is 11.0 Å². The average Bonchev–Trinajstić information content (AvgIpc) is 2.70. The second-order valence-electron chi connectivity index (χ2n) is 5.41. The van der Waals surface area contributed by atoms with Gasteiger partial charge in [-0.1, -0.05) is 6.07 Å². The first-order chi connectivity index (χ1) is 10.1. The van der Waals surface area contributed by atoms with Gasteiger partial charge in [0.15, 0.2) is 0 Å². The van der Waals surface area contributed by atoms with Crippen LogP contribution in [0, 0.1) is 29.9 Å². The first-order valence-corrected chi connectivity index (χ1v) is 8.12. The molecule has 7 nitrogen and oxygen atoms in total. The van der Waals surface area contributed by atoms with E-state index in [0.29, 0.717) is 5.56 Å². The predicted octanol–water partition coefficient (Wildman–Crippen LogP) is 1.86. The Hall–Kier alpha value is -2.03. The number of benzene rings is 1. The zero-order valence-corrected chi connectivity index (χ0v) is 12.9. The van der Waals surface area contributed by atoms with E-state index in [-0.39, 0.29) is 24.3 Å². The van der Waals surface area contributed by atoms with Gasteiger partial charge in [-0.3, -0.25) is 14.9 Å². The number of carbonyl (C=O) groups is 1. The van der Waals surface area contributed by atoms with Crippen LogP contribution in [0.5, 0.6) is 0 Å². The Morgan fingerprint density at radius 2 is 2.05 bits per heavy atom. The lowest BCUT2D eigenvalue weighted by molar-refractivity contribution is -0.384. The molecule has 1 amide bonds. The first-order valence-electron chi connectivity index (χ1n) is 6.57. The van der Waals surface area contributed by atoms with Crippen LogP contribution in [0.2, 0.25) is 0 Å². The molecule has 9 heteroatoms. The standard InChI is InChI=1S/C13H15FN2O5S/c1-8-3-4-11(16(18)19)13(9(8)2)15-6-10(5-12(15)17)7-22(14,20)21/h3-4,10H,5-7H2,1-2H3. The van der Waals surface area contributed by atoms with Crippen LogP contribution in [0.25, 0.3) is 0 Å². The fraction of sp³-hybridized carbons (Fsp3) is 0.462. The van der Waals surface area contributed by atoms with Gasteiger partial charge >= 0.3 is 10.2 Å². The maximum absolute atomic E-state index is 12.8. The number of nitrogens with zero attached hydrogens (tertiary/aromatic N) is 2. The Morgan fingerprint density at radius 3 is 2.59 bits per heavy atom. The van der Waals surface area contributed by atoms with Gasteiger partial charge in [0.25, 0.3) is 5.69 Å². The largest absolute Gasteiger partial charge is 0.306 e. The summed E-state index contributed by atoms with van der Waals surface area (Å²) in [7, 11) is -4.69. The highest BCUT2D eigenvalue weighted by atomic mass is 32.3. The highest BCUT2D eigenvalue weighted by molar-refractivity contribution is 7.86. The summed E-state index contributed by atoms with van der Waals surface area (Å²) in [6, 6.07) is 2.89. The van der Waals surface area contributed by atoms with Crippen LogP contribution in [0.1, 0.15) is 17.5 Å². The van der Waals surface area contributed by atoms with E-state index in [2.05, 4.69) is 0 Å². The first kappa shape index (κ1) is 16.3. The van der Waals surface area contributed by atoms with Gasteiger partial charge in [-0.05, 0) is 25.0 Å². The number of nitro groups is 1. The number of hydrogen-bond donors (Lipinski definition) is 0. The predicted molar refractivity (Wildman–Crippen MR) is 77.9 cm³/mol. The lowest BCUT2D eigenvalue weighted by atomic mass is 10.1. The molecule has 0 aliphatic carbocycles. The summed E-state index contributed by atoms with van der Waals surface area (Å²) in [6.45, 7) is 3.36. The number of amides is 1. The van der Waals surface area contributed by atoms with Gasteiger partial charge < -0.3 is 4.90 Å². The second kappa shape index (κ2) is 5.64. The average molecular weight is 330 g/mol. The van der Waals surface area contributed by atoms with Crippen LogP contribution in [-0.4, -0.2) is 31.5 Å². The van der Waals surface area contributed by atoms with E-state index in [0.717, 1.165) is 5.56 Å². The van der Waals surface area contributed by atoms with Gasteiger partial charge in [0.05, 0.1) is 10.7 Å². The van der Waals surface area contributed by atoms with Gasteiger partial charge in [0.2, 0.25) is 5.91 Å². The summed E-state index contributed by atoms with van der Waals surface area (Å²) in [4.78, 5) is 23.9. The molecule has 1 saturated heterocycles. The van der Waals surface area contributed by atoms with Crippen LogP contribution >= 0.6 is 0 Å². The van der Waals surface area contributed by atoms with E-state index in [4.69, 9.17) is 0 Å². The van der Waals surface area contributed by atoms with Crippen molar-refractivity contribution in [2.75, 3.05) is 17.2 Å². The van der Waals surface area contributed by atoms with Gasteiger partial charge in [-0.25, -0.2) is 0 Å². The van der Waals surface area contributed by atoms with E-state index in [9.17, 15) is 27.2 Å². The molecule has 1 heterocycles. The minimum atomic E-state index is -4.69. The van der Waals surface area contributed by atoms with Crippen molar-refractivity contribution < 1.29 is 22.0 Å². The molecule has 1 aliphatic heterocycles. The molecule has 120 valence electrons. The Morgan fingerprint density at radius 1 is 1.41 bits per heavy atom. The normalized spacial score (nSPS) is 18.8. The van der Waals surface area contributed by atoms with Crippen molar-refractivity contribution in [1.82, 2.24) is 0 Å². The molecule has 1 unspecified atom stereocenters. The molecule has 22 heavy (non-hydrogen) atoms. The number of halogens is 1. The van der Waals surface area contributed by atoms with Gasteiger partial charge in [0.1, 0.15) is 5.69 Å². The monoisotopic (exact) mass is 330 g/mol. The molecule has 1 atom stereocenters. The summed E-state index contributed by atoms with van der Waals surface area (Å²) in [5, 5.41) is 11.2. The lowest BCUT2D eigenvalue weighted by Crippen LogP contribution is -2.27. The third kappa shape index (κ3) is 3.24. The molecule has 0 N–H and O–H groups in total. The van der Waals surface area contributed by atoms with Crippen molar-refractivity contribution in [2.24, 2.45) is 5.92 Å². The summed E-state index contributed by atoms with van der Waals surface area (Å²) in [6.07, 6.45) is -0.145. The smallest absolute Gasteiger partial charge is 0.302 e. The van der Waals surface area contributed by atoms with Crippen molar-refractivity contribution in [1.29, 1.82) is 0 Å². The molecule has 0 spiro atoms. The zero-order chi connectivity index (χ0) is 16.7. The molecule has 1 fully saturated rings. The van der Waals surface area contributed by atoms with Gasteiger partial charge in [0, 0.05) is 24.9 Å². The van der Waals surface area contributed by atoms with Gasteiger partial charge in [-0.15, -0.1) is 3.89 Å². The summed E-state index contributed by atoms with van der Waals surface area (Å²) in [5.74, 6) is -1.90. The molecule has 0 radical (unpaired) electrons. The minimum absolute atomic E-state index is 0.0485. The van der Waals surface area contributed by atoms with Crippen molar-refractivity contribution in [2.45, 2.75) is 20.3 Å². The fourth-order valence-corrected chi connectivity index (χ4v) is 3.45. The molecular weight excluding hydrogens is 315 g/mol. The summed E-state index contributed by atoms with van der Waals surface area (Å²) < 4.78 is 34.2. The molecule has 1 aromatic rings. The van der Waals surface area contributed by atoms with E-state index in [1.807, 2.05) is 0 Å². The Balaban J connectivity index is 2.42. The number of anilines is 1. The molecule has 0 aromatic heterocycles. The van der Waals surface area contributed by atoms with Crippen LogP contribution in [0.4, 0.5) is 15.3 Å². The van der Waals surface area contributed by atoms with Crippen LogP contribution in [0.3, 0.4) is 0 Å². The third-order valence-electron chi connectivity index (χ3n) is 3.79. The van der Waals surface area contributed by atoms with Crippen LogP contribution in [0.15, 0.2) is 12.1 Å². The highest BCUT2D eigenvalue weighted by Crippen LogP contribution is 2.37. The highest BCUT2D eigenvalue weighted by Gasteiger charge is 2.37. The molecule has 1 aromatic carbocycles. The topological polar surface area (TPSA) is 97.6 Å². The van der Waals surface area contributed by atoms with E-state index >= 15 is 0 Å². The molecule has 2 rings (SSSR count). The summed E-state index contributed by atoms with van der Waals surface area (Å²) in [5.41, 5.74) is 1.29. The van der Waals surface area contributed by atoms with Crippen molar-refractivity contribution in [3.63, 3.8) is 0 Å². The van der Waals surface area contributed by atoms with Crippen LogP contribution < -0.4 is 4.90 Å². The number of hydrogen-bond acceptors (Lipinski definition) is 5. The second-order valence-corrected chi connectivity index (χ2v) is 6.82. The minimum Gasteiger partial charge on any atom is -0.306 e. The fourth-order valence-electron chi connectivity index (χ4n) is 2.67. The SMILES string of the molecule is Cc1ccc([N+](=O)[O-])c(N2CC(CS(=O)(=O)F)CC2=O)c1C. The van der Waals surface area contributed by atoms with Crippen molar-refractivity contribution >= 4 is 27.5 Å². The number of rotatable bonds is 4. The molecule has 1 aliphatic rings. The Bertz CT molecular complexity index is 747. The summed E-state index contributed by atoms with van der Waals surface area (Å²) >= 11 is 0. The van der Waals surface area contributed by atoms with Crippen molar-refractivity contribution in [3.8, 4) is 0 Å². The van der Waals surface area contributed by atoms with E-state index < -0.39 is 32.7 Å². The maximum atomic E-state index is 12.8. The molecular formula is C13H15FN2O5S. The molecule has 0 saturated carbocycles. The quantitative estimate of drug-likeness (QED) is 0.477. The number of carbonyl (C=O) groups excluding carboxylic acids is 1. The van der Waals surface area contributed by atoms with Crippen molar-refractivity contribution in [3.05, 3.63) is 33.4 Å². The Kier molecular flexibility index (Phi) is 4.19. The van der Waals surface area contributed by atoms with Gasteiger partial charge in [-0.2, -0.15) is 8.42 Å². The zero-order valence-electron chi connectivity index (χ0n) is 12.1. The van der Waals surface area contributed by atoms with Crippen LogP contribution in [-0.2, 0) is 15.0 Å². The Labute approximate surface area is 127 Å². The maximum Gasteiger partial charge on any atom is 0.302 e. The van der Waals surface area contributed by atoms with E-state index in [1.54, 1.807) is 19.9 Å². The third-order valence-corrected chi connectivity index (χ3v) is 4.66. The molecule has 0 bridgehead atoms. The number of nitro benzene ring substituents is 1.